The summed E-state index contributed by atoms with van der Waals surface area (Å²) in [5.41, 5.74) is 0. The fourth-order valence-corrected chi connectivity index (χ4v) is 0.942. The second kappa shape index (κ2) is 6.37. The molecule has 4 heteroatoms. The smallest absolute Gasteiger partial charge is 0.104 e. The van der Waals surface area contributed by atoms with E-state index < -0.39 is 12.2 Å². The Balaban J connectivity index is 3.82. The maximum absolute atomic E-state index is 9.16. The standard InChI is InChI=1S/C8H18O4/c1-3-8(6(2)11)12-7(4-9)5-10/h6-11H,3-5H2,1-2H3/t6-,8+/m1/s1. The van der Waals surface area contributed by atoms with Crippen LogP contribution in [-0.2, 0) is 4.74 Å². The average Bonchev–Trinajstić information content (AvgIpc) is 2.06. The summed E-state index contributed by atoms with van der Waals surface area (Å²) in [7, 11) is 0. The first-order chi connectivity index (χ1) is 5.65. The number of aliphatic hydroxyl groups is 3. The van der Waals surface area contributed by atoms with E-state index in [1.165, 1.54) is 0 Å². The van der Waals surface area contributed by atoms with Crippen molar-refractivity contribution in [3.05, 3.63) is 0 Å². The molecule has 0 amide bonds. The number of ether oxygens (including phenoxy) is 1. The minimum atomic E-state index is -0.579. The van der Waals surface area contributed by atoms with E-state index in [0.717, 1.165) is 0 Å². The first kappa shape index (κ1) is 11.8. The van der Waals surface area contributed by atoms with E-state index in [9.17, 15) is 0 Å². The molecule has 0 rings (SSSR count). The van der Waals surface area contributed by atoms with Crippen molar-refractivity contribution in [2.45, 2.75) is 38.6 Å². The third kappa shape index (κ3) is 4.01. The largest absolute Gasteiger partial charge is 0.394 e. The van der Waals surface area contributed by atoms with Crippen LogP contribution in [0, 0.1) is 0 Å². The number of hydrogen-bond acceptors (Lipinski definition) is 4. The highest BCUT2D eigenvalue weighted by molar-refractivity contribution is 4.65. The van der Waals surface area contributed by atoms with Crippen LogP contribution in [0.4, 0.5) is 0 Å². The van der Waals surface area contributed by atoms with Gasteiger partial charge in [-0.25, -0.2) is 0 Å². The maximum Gasteiger partial charge on any atom is 0.104 e. The van der Waals surface area contributed by atoms with Gasteiger partial charge in [0.05, 0.1) is 25.4 Å². The molecule has 0 heterocycles. The molecule has 0 aliphatic rings. The van der Waals surface area contributed by atoms with Crippen molar-refractivity contribution in [1.29, 1.82) is 0 Å². The molecule has 12 heavy (non-hydrogen) atoms. The van der Waals surface area contributed by atoms with Crippen molar-refractivity contribution < 1.29 is 20.1 Å². The minimum absolute atomic E-state index is 0.222. The summed E-state index contributed by atoms with van der Waals surface area (Å²) in [5.74, 6) is 0. The Kier molecular flexibility index (Phi) is 6.28. The normalized spacial score (nSPS) is 16.5. The highest BCUT2D eigenvalue weighted by Gasteiger charge is 2.17. The van der Waals surface area contributed by atoms with Gasteiger partial charge >= 0.3 is 0 Å². The van der Waals surface area contributed by atoms with E-state index in [2.05, 4.69) is 0 Å². The van der Waals surface area contributed by atoms with Crippen molar-refractivity contribution in [1.82, 2.24) is 0 Å². The van der Waals surface area contributed by atoms with E-state index in [4.69, 9.17) is 20.1 Å². The Morgan fingerprint density at radius 3 is 2.00 bits per heavy atom. The molecule has 0 unspecified atom stereocenters. The summed E-state index contributed by atoms with van der Waals surface area (Å²) < 4.78 is 5.21. The van der Waals surface area contributed by atoms with Gasteiger partial charge in [-0.3, -0.25) is 0 Å². The molecule has 0 aromatic heterocycles. The lowest BCUT2D eigenvalue weighted by atomic mass is 10.2. The lowest BCUT2D eigenvalue weighted by Crippen LogP contribution is -2.34. The summed E-state index contributed by atoms with van der Waals surface area (Å²) >= 11 is 0. The molecule has 0 saturated carbocycles. The summed E-state index contributed by atoms with van der Waals surface area (Å²) in [6, 6.07) is 0. The summed E-state index contributed by atoms with van der Waals surface area (Å²) in [6.45, 7) is 3.06. The predicted molar refractivity (Wildman–Crippen MR) is 44.8 cm³/mol. The van der Waals surface area contributed by atoms with Gasteiger partial charge in [0.15, 0.2) is 0 Å². The molecule has 0 aliphatic heterocycles. The Morgan fingerprint density at radius 2 is 1.75 bits per heavy atom. The van der Waals surface area contributed by atoms with Gasteiger partial charge in [-0.15, -0.1) is 0 Å². The van der Waals surface area contributed by atoms with Crippen LogP contribution < -0.4 is 0 Å². The van der Waals surface area contributed by atoms with Crippen LogP contribution in [0.3, 0.4) is 0 Å². The van der Waals surface area contributed by atoms with Crippen molar-refractivity contribution >= 4 is 0 Å². The average molecular weight is 178 g/mol. The molecular weight excluding hydrogens is 160 g/mol. The molecule has 4 nitrogen and oxygen atoms in total. The van der Waals surface area contributed by atoms with Gasteiger partial charge in [0.25, 0.3) is 0 Å². The van der Waals surface area contributed by atoms with Crippen molar-refractivity contribution in [3.8, 4) is 0 Å². The molecule has 0 aromatic carbocycles. The monoisotopic (exact) mass is 178 g/mol. The highest BCUT2D eigenvalue weighted by Crippen LogP contribution is 2.06. The molecule has 0 bridgehead atoms. The zero-order valence-corrected chi connectivity index (χ0v) is 7.60. The zero-order chi connectivity index (χ0) is 9.56. The van der Waals surface area contributed by atoms with E-state index in [1.54, 1.807) is 6.92 Å². The Bertz CT molecular complexity index is 101. The third-order valence-electron chi connectivity index (χ3n) is 1.71. The Morgan fingerprint density at radius 1 is 1.25 bits per heavy atom. The van der Waals surface area contributed by atoms with Crippen LogP contribution in [-0.4, -0.2) is 46.8 Å². The molecule has 0 spiro atoms. The molecule has 0 fully saturated rings. The molecule has 0 aromatic rings. The van der Waals surface area contributed by atoms with Gasteiger partial charge in [0.1, 0.15) is 6.10 Å². The molecule has 2 atom stereocenters. The molecule has 3 N–H and O–H groups in total. The SMILES string of the molecule is CC[C@H](OC(CO)CO)[C@@H](C)O. The highest BCUT2D eigenvalue weighted by atomic mass is 16.5. The van der Waals surface area contributed by atoms with Gasteiger partial charge in [-0.2, -0.15) is 0 Å². The second-order valence-electron chi connectivity index (χ2n) is 2.81. The van der Waals surface area contributed by atoms with Crippen LogP contribution in [0.2, 0.25) is 0 Å². The van der Waals surface area contributed by atoms with Crippen LogP contribution in [0.1, 0.15) is 20.3 Å². The fraction of sp³-hybridized carbons (Fsp3) is 1.00. The van der Waals surface area contributed by atoms with E-state index in [1.807, 2.05) is 6.92 Å². The molecular formula is C8H18O4. The van der Waals surface area contributed by atoms with Crippen LogP contribution >= 0.6 is 0 Å². The maximum atomic E-state index is 9.16. The number of hydrogen-bond donors (Lipinski definition) is 3. The first-order valence-electron chi connectivity index (χ1n) is 4.20. The van der Waals surface area contributed by atoms with E-state index >= 15 is 0 Å². The van der Waals surface area contributed by atoms with Crippen molar-refractivity contribution in [3.63, 3.8) is 0 Å². The Hall–Kier alpha value is -0.160. The first-order valence-corrected chi connectivity index (χ1v) is 4.20. The topological polar surface area (TPSA) is 69.9 Å². The Labute approximate surface area is 72.8 Å². The van der Waals surface area contributed by atoms with Gasteiger partial charge in [-0.1, -0.05) is 6.92 Å². The summed E-state index contributed by atoms with van der Waals surface area (Å²) in [4.78, 5) is 0. The molecule has 0 aliphatic carbocycles. The van der Waals surface area contributed by atoms with Gasteiger partial charge in [0.2, 0.25) is 0 Å². The molecule has 74 valence electrons. The van der Waals surface area contributed by atoms with Crippen LogP contribution in [0.25, 0.3) is 0 Å². The van der Waals surface area contributed by atoms with Crippen molar-refractivity contribution in [2.24, 2.45) is 0 Å². The van der Waals surface area contributed by atoms with E-state index in [0.29, 0.717) is 6.42 Å². The lowest BCUT2D eigenvalue weighted by Gasteiger charge is -2.23. The van der Waals surface area contributed by atoms with Crippen LogP contribution in [0.5, 0.6) is 0 Å². The number of rotatable bonds is 6. The van der Waals surface area contributed by atoms with Crippen LogP contribution in [0.15, 0.2) is 0 Å². The third-order valence-corrected chi connectivity index (χ3v) is 1.71. The van der Waals surface area contributed by atoms with Gasteiger partial charge in [-0.05, 0) is 13.3 Å². The lowest BCUT2D eigenvalue weighted by molar-refractivity contribution is -0.103. The number of aliphatic hydroxyl groups excluding tert-OH is 3. The van der Waals surface area contributed by atoms with E-state index in [-0.39, 0.29) is 19.3 Å². The van der Waals surface area contributed by atoms with Gasteiger partial charge in [0, 0.05) is 0 Å². The molecule has 0 saturated heterocycles. The van der Waals surface area contributed by atoms with Gasteiger partial charge < -0.3 is 20.1 Å². The summed E-state index contributed by atoms with van der Waals surface area (Å²) in [5, 5.41) is 26.5. The minimum Gasteiger partial charge on any atom is -0.394 e. The predicted octanol–water partition coefficient (Wildman–Crippen LogP) is -0.484. The quantitative estimate of drug-likeness (QED) is 0.513. The summed E-state index contributed by atoms with van der Waals surface area (Å²) in [6.07, 6.45) is -0.803. The fourth-order valence-electron chi connectivity index (χ4n) is 0.942. The second-order valence-corrected chi connectivity index (χ2v) is 2.81. The molecule has 0 radical (unpaired) electrons. The van der Waals surface area contributed by atoms with Crippen molar-refractivity contribution in [2.75, 3.05) is 13.2 Å². The zero-order valence-electron chi connectivity index (χ0n) is 7.60.